The first kappa shape index (κ1) is 21.8. The van der Waals surface area contributed by atoms with Crippen molar-refractivity contribution < 1.29 is 14.7 Å². The molecule has 0 spiro atoms. The average molecular weight is 410 g/mol. The van der Waals surface area contributed by atoms with Gasteiger partial charge in [0.1, 0.15) is 5.75 Å². The number of aromatic hydroxyl groups is 1. The molecule has 1 heterocycles. The van der Waals surface area contributed by atoms with Gasteiger partial charge in [-0.3, -0.25) is 14.5 Å². The topological polar surface area (TPSA) is 72.9 Å². The highest BCUT2D eigenvalue weighted by molar-refractivity contribution is 5.93. The molecule has 2 amide bonds. The predicted molar refractivity (Wildman–Crippen MR) is 118 cm³/mol. The number of piperidine rings is 1. The molecule has 1 fully saturated rings. The Bertz CT molecular complexity index is 846. The molecule has 0 radical (unpaired) electrons. The Hall–Kier alpha value is -2.86. The van der Waals surface area contributed by atoms with E-state index in [1.807, 2.05) is 49.1 Å². The number of phenolic OH excluding ortho intramolecular Hbond substituents is 1. The van der Waals surface area contributed by atoms with E-state index >= 15 is 0 Å². The van der Waals surface area contributed by atoms with Crippen molar-refractivity contribution in [1.82, 2.24) is 9.80 Å². The second-order valence-electron chi connectivity index (χ2n) is 8.16. The van der Waals surface area contributed by atoms with Gasteiger partial charge in [0.05, 0.1) is 12.2 Å². The molecular weight excluding hydrogens is 378 g/mol. The molecule has 0 bridgehead atoms. The SMILES string of the molecule is CC(C)N(Cc1ccccc1)C(=O)CN1CCC(C(=O)Nc2ccccc2O)CC1. The highest BCUT2D eigenvalue weighted by Gasteiger charge is 2.28. The lowest BCUT2D eigenvalue weighted by Crippen LogP contribution is -2.46. The van der Waals surface area contributed by atoms with Gasteiger partial charge in [0.15, 0.2) is 0 Å². The summed E-state index contributed by atoms with van der Waals surface area (Å²) < 4.78 is 0. The minimum atomic E-state index is -0.110. The Morgan fingerprint density at radius 1 is 1.07 bits per heavy atom. The minimum absolute atomic E-state index is 0.0704. The number of carbonyl (C=O) groups excluding carboxylic acids is 2. The van der Waals surface area contributed by atoms with Crippen molar-refractivity contribution in [2.24, 2.45) is 5.92 Å². The van der Waals surface area contributed by atoms with Crippen LogP contribution < -0.4 is 5.32 Å². The van der Waals surface area contributed by atoms with Gasteiger partial charge in [0, 0.05) is 18.5 Å². The third-order valence-electron chi connectivity index (χ3n) is 5.62. The van der Waals surface area contributed by atoms with Crippen LogP contribution in [0.4, 0.5) is 5.69 Å². The molecular formula is C24H31N3O3. The maximum absolute atomic E-state index is 12.9. The van der Waals surface area contributed by atoms with Crippen LogP contribution in [0.5, 0.6) is 5.75 Å². The van der Waals surface area contributed by atoms with Crippen LogP contribution in [-0.4, -0.2) is 52.4 Å². The fourth-order valence-corrected chi connectivity index (χ4v) is 3.79. The number of hydrogen-bond acceptors (Lipinski definition) is 4. The molecule has 6 heteroatoms. The lowest BCUT2D eigenvalue weighted by atomic mass is 9.95. The van der Waals surface area contributed by atoms with Crippen molar-refractivity contribution in [3.05, 3.63) is 60.2 Å². The summed E-state index contributed by atoms with van der Waals surface area (Å²) in [6, 6.07) is 16.9. The van der Waals surface area contributed by atoms with Gasteiger partial charge in [0.25, 0.3) is 0 Å². The summed E-state index contributed by atoms with van der Waals surface area (Å²) in [4.78, 5) is 29.5. The zero-order valence-electron chi connectivity index (χ0n) is 17.8. The molecule has 1 aliphatic heterocycles. The van der Waals surface area contributed by atoms with E-state index < -0.39 is 0 Å². The summed E-state index contributed by atoms with van der Waals surface area (Å²) in [7, 11) is 0. The van der Waals surface area contributed by atoms with E-state index in [1.54, 1.807) is 24.3 Å². The molecule has 2 N–H and O–H groups in total. The van der Waals surface area contributed by atoms with Crippen molar-refractivity contribution in [2.45, 2.75) is 39.3 Å². The maximum atomic E-state index is 12.9. The van der Waals surface area contributed by atoms with Crippen LogP contribution in [0.3, 0.4) is 0 Å². The van der Waals surface area contributed by atoms with Gasteiger partial charge >= 0.3 is 0 Å². The molecule has 2 aromatic rings. The number of para-hydroxylation sites is 2. The van der Waals surface area contributed by atoms with Gasteiger partial charge in [-0.15, -0.1) is 0 Å². The Kier molecular flexibility index (Phi) is 7.46. The van der Waals surface area contributed by atoms with Crippen molar-refractivity contribution >= 4 is 17.5 Å². The zero-order chi connectivity index (χ0) is 21.5. The number of benzene rings is 2. The van der Waals surface area contributed by atoms with Crippen LogP contribution >= 0.6 is 0 Å². The van der Waals surface area contributed by atoms with Crippen LogP contribution in [0, 0.1) is 5.92 Å². The molecule has 2 aromatic carbocycles. The van der Waals surface area contributed by atoms with E-state index in [-0.39, 0.29) is 29.5 Å². The van der Waals surface area contributed by atoms with Crippen LogP contribution in [0.2, 0.25) is 0 Å². The second kappa shape index (κ2) is 10.3. The minimum Gasteiger partial charge on any atom is -0.506 e. The van der Waals surface area contributed by atoms with E-state index in [0.717, 1.165) is 5.56 Å². The van der Waals surface area contributed by atoms with E-state index in [9.17, 15) is 14.7 Å². The predicted octanol–water partition coefficient (Wildman–Crippen LogP) is 3.48. The fourth-order valence-electron chi connectivity index (χ4n) is 3.79. The molecule has 0 atom stereocenters. The monoisotopic (exact) mass is 409 g/mol. The number of amides is 2. The Morgan fingerprint density at radius 2 is 1.70 bits per heavy atom. The largest absolute Gasteiger partial charge is 0.506 e. The summed E-state index contributed by atoms with van der Waals surface area (Å²) in [5.41, 5.74) is 1.56. The van der Waals surface area contributed by atoms with Gasteiger partial charge < -0.3 is 15.3 Å². The summed E-state index contributed by atoms with van der Waals surface area (Å²) in [5, 5.41) is 12.6. The quantitative estimate of drug-likeness (QED) is 0.687. The maximum Gasteiger partial charge on any atom is 0.237 e. The van der Waals surface area contributed by atoms with E-state index in [4.69, 9.17) is 0 Å². The Morgan fingerprint density at radius 3 is 2.33 bits per heavy atom. The molecule has 6 nitrogen and oxygen atoms in total. The fraction of sp³-hybridized carbons (Fsp3) is 0.417. The number of anilines is 1. The lowest BCUT2D eigenvalue weighted by molar-refractivity contribution is -0.135. The summed E-state index contributed by atoms with van der Waals surface area (Å²) in [6.45, 7) is 6.48. The number of likely N-dealkylation sites (tertiary alicyclic amines) is 1. The molecule has 0 aromatic heterocycles. The third-order valence-corrected chi connectivity index (χ3v) is 5.62. The van der Waals surface area contributed by atoms with Crippen LogP contribution in [0.15, 0.2) is 54.6 Å². The second-order valence-corrected chi connectivity index (χ2v) is 8.16. The number of rotatable bonds is 7. The standard InChI is InChI=1S/C24H31N3O3/c1-18(2)27(16-19-8-4-3-5-9-19)23(29)17-26-14-12-20(13-15-26)24(30)25-21-10-6-7-11-22(21)28/h3-11,18,20,28H,12-17H2,1-2H3,(H,25,30). The number of phenols is 1. The summed E-state index contributed by atoms with van der Waals surface area (Å²) in [5.74, 6) is 0.00359. The Labute approximate surface area is 178 Å². The first-order chi connectivity index (χ1) is 14.4. The van der Waals surface area contributed by atoms with E-state index in [2.05, 4.69) is 10.2 Å². The van der Waals surface area contributed by atoms with Gasteiger partial charge in [-0.2, -0.15) is 0 Å². The lowest BCUT2D eigenvalue weighted by Gasteiger charge is -2.34. The smallest absolute Gasteiger partial charge is 0.237 e. The number of nitrogens with zero attached hydrogens (tertiary/aromatic N) is 2. The van der Waals surface area contributed by atoms with Crippen molar-refractivity contribution in [3.8, 4) is 5.75 Å². The van der Waals surface area contributed by atoms with Crippen LogP contribution in [0.25, 0.3) is 0 Å². The van der Waals surface area contributed by atoms with Crippen molar-refractivity contribution in [2.75, 3.05) is 25.0 Å². The number of carbonyl (C=O) groups is 2. The molecule has 160 valence electrons. The third kappa shape index (κ3) is 5.83. The number of hydrogen-bond donors (Lipinski definition) is 2. The van der Waals surface area contributed by atoms with Gasteiger partial charge in [-0.05, 0) is 57.5 Å². The summed E-state index contributed by atoms with van der Waals surface area (Å²) in [6.07, 6.45) is 1.40. The average Bonchev–Trinajstić information content (AvgIpc) is 2.74. The van der Waals surface area contributed by atoms with Crippen LogP contribution in [-0.2, 0) is 16.1 Å². The first-order valence-corrected chi connectivity index (χ1v) is 10.6. The molecule has 30 heavy (non-hydrogen) atoms. The van der Waals surface area contributed by atoms with Gasteiger partial charge in [0.2, 0.25) is 11.8 Å². The van der Waals surface area contributed by atoms with Gasteiger partial charge in [-0.1, -0.05) is 42.5 Å². The molecule has 1 aliphatic rings. The zero-order valence-corrected chi connectivity index (χ0v) is 17.8. The Balaban J connectivity index is 1.50. The molecule has 0 aliphatic carbocycles. The first-order valence-electron chi connectivity index (χ1n) is 10.6. The molecule has 3 rings (SSSR count). The molecule has 0 saturated carbocycles. The van der Waals surface area contributed by atoms with Crippen LogP contribution in [0.1, 0.15) is 32.3 Å². The van der Waals surface area contributed by atoms with Gasteiger partial charge in [-0.25, -0.2) is 0 Å². The molecule has 1 saturated heterocycles. The highest BCUT2D eigenvalue weighted by Crippen LogP contribution is 2.25. The van der Waals surface area contributed by atoms with E-state index in [1.165, 1.54) is 0 Å². The highest BCUT2D eigenvalue weighted by atomic mass is 16.3. The molecule has 0 unspecified atom stereocenters. The normalized spacial score (nSPS) is 15.2. The number of nitrogens with one attached hydrogen (secondary N) is 1. The van der Waals surface area contributed by atoms with Crippen molar-refractivity contribution in [1.29, 1.82) is 0 Å². The van der Waals surface area contributed by atoms with Crippen molar-refractivity contribution in [3.63, 3.8) is 0 Å². The summed E-state index contributed by atoms with van der Waals surface area (Å²) >= 11 is 0. The van der Waals surface area contributed by atoms with E-state index in [0.29, 0.717) is 44.7 Å².